The number of aromatic amines is 1. The van der Waals surface area contributed by atoms with Crippen LogP contribution in [0.25, 0.3) is 10.9 Å². The standard InChI is InChI=1S/C24H20FN3O5S/c1-16-2-5-18-13-19(24(29)26-23(18)12-16)15-27(14-17-3-6-20(25)7-4-17)34(32,33)22-10-8-21(9-11-22)28(30)31/h2-13H,14-15H2,1H3,(H,26,29). The molecule has 0 unspecified atom stereocenters. The molecule has 0 spiro atoms. The van der Waals surface area contributed by atoms with Crippen LogP contribution in [-0.2, 0) is 23.1 Å². The lowest BCUT2D eigenvalue weighted by Gasteiger charge is -2.22. The smallest absolute Gasteiger partial charge is 0.269 e. The third-order valence-corrected chi connectivity index (χ3v) is 7.19. The van der Waals surface area contributed by atoms with Crippen LogP contribution < -0.4 is 5.56 Å². The Morgan fingerprint density at radius 1 is 0.971 bits per heavy atom. The van der Waals surface area contributed by atoms with E-state index in [0.717, 1.165) is 39.5 Å². The fourth-order valence-electron chi connectivity index (χ4n) is 3.58. The summed E-state index contributed by atoms with van der Waals surface area (Å²) in [7, 11) is -4.16. The van der Waals surface area contributed by atoms with Crippen molar-refractivity contribution in [3.8, 4) is 0 Å². The molecule has 1 heterocycles. The molecule has 1 aromatic heterocycles. The molecular formula is C24H20FN3O5S. The average molecular weight is 482 g/mol. The molecule has 8 nitrogen and oxygen atoms in total. The number of aromatic nitrogens is 1. The van der Waals surface area contributed by atoms with Gasteiger partial charge in [0.15, 0.2) is 0 Å². The summed E-state index contributed by atoms with van der Waals surface area (Å²) in [6, 6.07) is 17.0. The van der Waals surface area contributed by atoms with Crippen LogP contribution >= 0.6 is 0 Å². The molecule has 0 saturated heterocycles. The number of rotatable bonds is 7. The van der Waals surface area contributed by atoms with E-state index in [1.54, 1.807) is 6.07 Å². The van der Waals surface area contributed by atoms with E-state index in [9.17, 15) is 27.7 Å². The van der Waals surface area contributed by atoms with Gasteiger partial charge in [-0.2, -0.15) is 4.31 Å². The lowest BCUT2D eigenvalue weighted by Crippen LogP contribution is -2.32. The highest BCUT2D eigenvalue weighted by atomic mass is 32.2. The van der Waals surface area contributed by atoms with Crippen LogP contribution in [0.1, 0.15) is 16.7 Å². The quantitative estimate of drug-likeness (QED) is 0.313. The van der Waals surface area contributed by atoms with Crippen molar-refractivity contribution in [3.63, 3.8) is 0 Å². The number of halogens is 1. The zero-order valence-corrected chi connectivity index (χ0v) is 18.9. The van der Waals surface area contributed by atoms with Crippen LogP contribution in [0.5, 0.6) is 0 Å². The molecule has 174 valence electrons. The first-order valence-corrected chi connectivity index (χ1v) is 11.7. The van der Waals surface area contributed by atoms with Gasteiger partial charge in [0.1, 0.15) is 5.82 Å². The number of nitrogens with one attached hydrogen (secondary N) is 1. The van der Waals surface area contributed by atoms with Crippen LogP contribution in [0.2, 0.25) is 0 Å². The van der Waals surface area contributed by atoms with Crippen molar-refractivity contribution >= 4 is 26.6 Å². The van der Waals surface area contributed by atoms with Crippen molar-refractivity contribution in [1.82, 2.24) is 9.29 Å². The summed E-state index contributed by atoms with van der Waals surface area (Å²) in [4.78, 5) is 25.7. The molecule has 0 atom stereocenters. The molecule has 34 heavy (non-hydrogen) atoms. The van der Waals surface area contributed by atoms with E-state index in [-0.39, 0.29) is 29.2 Å². The minimum absolute atomic E-state index is 0.134. The Morgan fingerprint density at radius 3 is 2.29 bits per heavy atom. The second-order valence-electron chi connectivity index (χ2n) is 7.86. The average Bonchev–Trinajstić information content (AvgIpc) is 2.80. The summed E-state index contributed by atoms with van der Waals surface area (Å²) in [6.07, 6.45) is 0. The molecule has 0 aliphatic heterocycles. The van der Waals surface area contributed by atoms with Gasteiger partial charge in [0.2, 0.25) is 10.0 Å². The summed E-state index contributed by atoms with van der Waals surface area (Å²) >= 11 is 0. The molecule has 0 aliphatic rings. The highest BCUT2D eigenvalue weighted by Gasteiger charge is 2.27. The predicted molar refractivity (Wildman–Crippen MR) is 125 cm³/mol. The van der Waals surface area contributed by atoms with E-state index >= 15 is 0 Å². The van der Waals surface area contributed by atoms with Gasteiger partial charge in [0.25, 0.3) is 11.2 Å². The van der Waals surface area contributed by atoms with Crippen molar-refractivity contribution in [2.24, 2.45) is 0 Å². The Hall–Kier alpha value is -3.89. The maximum atomic E-state index is 13.5. The number of non-ortho nitro benzene ring substituents is 1. The van der Waals surface area contributed by atoms with E-state index in [0.29, 0.717) is 11.1 Å². The van der Waals surface area contributed by atoms with E-state index in [1.165, 1.54) is 24.3 Å². The molecule has 0 amide bonds. The first kappa shape index (κ1) is 23.3. The van der Waals surface area contributed by atoms with Gasteiger partial charge in [0, 0.05) is 36.3 Å². The first-order chi connectivity index (χ1) is 16.1. The molecular weight excluding hydrogens is 461 g/mol. The number of nitro benzene ring substituents is 1. The lowest BCUT2D eigenvalue weighted by molar-refractivity contribution is -0.384. The van der Waals surface area contributed by atoms with Crippen LogP contribution in [0, 0.1) is 22.9 Å². The number of sulfonamides is 1. The van der Waals surface area contributed by atoms with Crippen LogP contribution in [0.4, 0.5) is 10.1 Å². The molecule has 1 N–H and O–H groups in total. The molecule has 0 fully saturated rings. The van der Waals surface area contributed by atoms with E-state index < -0.39 is 26.3 Å². The molecule has 0 bridgehead atoms. The van der Waals surface area contributed by atoms with Gasteiger partial charge in [-0.1, -0.05) is 24.3 Å². The molecule has 0 saturated carbocycles. The fourth-order valence-corrected chi connectivity index (χ4v) is 4.98. The Morgan fingerprint density at radius 2 is 1.65 bits per heavy atom. The van der Waals surface area contributed by atoms with Crippen molar-refractivity contribution in [2.45, 2.75) is 24.9 Å². The number of hydrogen-bond acceptors (Lipinski definition) is 5. The molecule has 10 heteroatoms. The maximum absolute atomic E-state index is 13.5. The minimum Gasteiger partial charge on any atom is -0.322 e. The number of nitrogens with zero attached hydrogens (tertiary/aromatic N) is 2. The number of pyridine rings is 1. The maximum Gasteiger partial charge on any atom is 0.269 e. The summed E-state index contributed by atoms with van der Waals surface area (Å²) < 4.78 is 41.4. The molecule has 4 rings (SSSR count). The van der Waals surface area contributed by atoms with Gasteiger partial charge in [0.05, 0.1) is 9.82 Å². The predicted octanol–water partition coefficient (Wildman–Crippen LogP) is 4.27. The monoisotopic (exact) mass is 481 g/mol. The van der Waals surface area contributed by atoms with Crippen LogP contribution in [0.15, 0.2) is 82.5 Å². The number of fused-ring (bicyclic) bond motifs is 1. The second kappa shape index (κ2) is 9.16. The molecule has 0 radical (unpaired) electrons. The first-order valence-electron chi connectivity index (χ1n) is 10.2. The van der Waals surface area contributed by atoms with Crippen molar-refractivity contribution < 1.29 is 17.7 Å². The number of H-pyrrole nitrogens is 1. The number of hydrogen-bond donors (Lipinski definition) is 1. The Balaban J connectivity index is 1.76. The van der Waals surface area contributed by atoms with Crippen LogP contribution in [0.3, 0.4) is 0 Å². The van der Waals surface area contributed by atoms with Crippen LogP contribution in [-0.4, -0.2) is 22.6 Å². The number of benzene rings is 3. The highest BCUT2D eigenvalue weighted by molar-refractivity contribution is 7.89. The zero-order chi connectivity index (χ0) is 24.5. The van der Waals surface area contributed by atoms with Gasteiger partial charge in [-0.05, 0) is 59.8 Å². The van der Waals surface area contributed by atoms with Crippen molar-refractivity contribution in [3.05, 3.63) is 116 Å². The molecule has 4 aromatic rings. The van der Waals surface area contributed by atoms with E-state index in [4.69, 9.17) is 0 Å². The summed E-state index contributed by atoms with van der Waals surface area (Å²) in [6.45, 7) is 1.51. The Labute approximate surface area is 194 Å². The van der Waals surface area contributed by atoms with Gasteiger partial charge in [-0.25, -0.2) is 12.8 Å². The highest BCUT2D eigenvalue weighted by Crippen LogP contribution is 2.24. The Kier molecular flexibility index (Phi) is 6.27. The third-order valence-electron chi connectivity index (χ3n) is 5.38. The van der Waals surface area contributed by atoms with Gasteiger partial charge >= 0.3 is 0 Å². The minimum atomic E-state index is -4.16. The third kappa shape index (κ3) is 4.87. The van der Waals surface area contributed by atoms with Crippen molar-refractivity contribution in [2.75, 3.05) is 0 Å². The summed E-state index contributed by atoms with van der Waals surface area (Å²) in [5, 5.41) is 11.7. The summed E-state index contributed by atoms with van der Waals surface area (Å²) in [5.74, 6) is -0.463. The largest absolute Gasteiger partial charge is 0.322 e. The van der Waals surface area contributed by atoms with Gasteiger partial charge in [-0.15, -0.1) is 0 Å². The van der Waals surface area contributed by atoms with E-state index in [1.807, 2.05) is 25.1 Å². The topological polar surface area (TPSA) is 113 Å². The zero-order valence-electron chi connectivity index (χ0n) is 18.1. The van der Waals surface area contributed by atoms with E-state index in [2.05, 4.69) is 4.98 Å². The lowest BCUT2D eigenvalue weighted by atomic mass is 10.1. The number of aryl methyl sites for hydroxylation is 1. The molecule has 3 aromatic carbocycles. The normalized spacial score (nSPS) is 11.7. The van der Waals surface area contributed by atoms with Gasteiger partial charge < -0.3 is 4.98 Å². The fraction of sp³-hybridized carbons (Fsp3) is 0.125. The summed E-state index contributed by atoms with van der Waals surface area (Å²) in [5.41, 5.74) is 1.67. The SMILES string of the molecule is Cc1ccc2cc(CN(Cc3ccc(F)cc3)S(=O)(=O)c3ccc([N+](=O)[O-])cc3)c(=O)[nH]c2c1. The number of nitro groups is 1. The Bertz CT molecular complexity index is 1530. The second-order valence-corrected chi connectivity index (χ2v) is 9.80. The van der Waals surface area contributed by atoms with Crippen molar-refractivity contribution in [1.29, 1.82) is 0 Å². The molecule has 0 aliphatic carbocycles. The van der Waals surface area contributed by atoms with Gasteiger partial charge in [-0.3, -0.25) is 14.9 Å².